The van der Waals surface area contributed by atoms with Crippen molar-refractivity contribution in [1.29, 1.82) is 0 Å². The normalized spacial score (nSPS) is 15.7. The fraction of sp³-hybridized carbons (Fsp3) is 0.0455. The van der Waals surface area contributed by atoms with Crippen LogP contribution in [0.15, 0.2) is 70.7 Å². The Morgan fingerprint density at radius 3 is 2.55 bits per heavy atom. The quantitative estimate of drug-likeness (QED) is 0.402. The minimum atomic E-state index is -0.594. The molecule has 0 bridgehead atoms. The molecule has 1 aliphatic rings. The number of hydrogen-bond donors (Lipinski definition) is 1. The van der Waals surface area contributed by atoms with E-state index in [1.54, 1.807) is 36.4 Å². The third kappa shape index (κ3) is 3.72. The average Bonchev–Trinajstić information content (AvgIpc) is 3.14. The van der Waals surface area contributed by atoms with E-state index in [1.165, 1.54) is 23.1 Å². The monoisotopic (exact) mass is 406 g/mol. The lowest BCUT2D eigenvalue weighted by Gasteiger charge is -2.29. The van der Waals surface area contributed by atoms with Crippen LogP contribution in [-0.4, -0.2) is 16.9 Å². The van der Waals surface area contributed by atoms with Crippen LogP contribution in [0.2, 0.25) is 0 Å². The van der Waals surface area contributed by atoms with Crippen LogP contribution >= 0.6 is 12.2 Å². The second-order valence-electron chi connectivity index (χ2n) is 6.51. The lowest BCUT2D eigenvalue weighted by Crippen LogP contribution is -2.54. The number of furan rings is 1. The Morgan fingerprint density at radius 2 is 1.83 bits per heavy atom. The maximum absolute atomic E-state index is 13.1. The highest BCUT2D eigenvalue weighted by Crippen LogP contribution is 2.26. The van der Waals surface area contributed by atoms with Crippen molar-refractivity contribution in [2.75, 3.05) is 4.90 Å². The topological polar surface area (TPSA) is 62.6 Å². The van der Waals surface area contributed by atoms with E-state index in [0.717, 1.165) is 5.56 Å². The van der Waals surface area contributed by atoms with Gasteiger partial charge in [-0.3, -0.25) is 19.8 Å². The number of halogens is 1. The molecule has 3 aromatic rings. The van der Waals surface area contributed by atoms with Crippen molar-refractivity contribution in [2.24, 2.45) is 0 Å². The van der Waals surface area contributed by atoms with E-state index in [9.17, 15) is 14.0 Å². The highest BCUT2D eigenvalue weighted by atomic mass is 32.1. The first kappa shape index (κ1) is 18.8. The van der Waals surface area contributed by atoms with E-state index in [4.69, 9.17) is 16.6 Å². The average molecular weight is 406 g/mol. The van der Waals surface area contributed by atoms with Crippen LogP contribution in [-0.2, 0) is 9.59 Å². The van der Waals surface area contributed by atoms with Gasteiger partial charge in [-0.15, -0.1) is 0 Å². The Morgan fingerprint density at radius 1 is 1.07 bits per heavy atom. The van der Waals surface area contributed by atoms with Gasteiger partial charge in [0.25, 0.3) is 11.8 Å². The summed E-state index contributed by atoms with van der Waals surface area (Å²) in [6.07, 6.45) is 1.37. The predicted octanol–water partition coefficient (Wildman–Crippen LogP) is 4.23. The molecule has 0 radical (unpaired) electrons. The fourth-order valence-corrected chi connectivity index (χ4v) is 3.28. The van der Waals surface area contributed by atoms with Gasteiger partial charge in [0.1, 0.15) is 22.9 Å². The lowest BCUT2D eigenvalue weighted by molar-refractivity contribution is -0.122. The molecule has 5 nitrogen and oxygen atoms in total. The molecule has 144 valence electrons. The van der Waals surface area contributed by atoms with Gasteiger partial charge in [-0.25, -0.2) is 4.39 Å². The molecule has 0 saturated carbocycles. The zero-order chi connectivity index (χ0) is 20.5. The van der Waals surface area contributed by atoms with Crippen LogP contribution in [0.3, 0.4) is 0 Å². The summed E-state index contributed by atoms with van der Waals surface area (Å²) < 4.78 is 18.8. The summed E-state index contributed by atoms with van der Waals surface area (Å²) in [5.41, 5.74) is 2.10. The summed E-state index contributed by atoms with van der Waals surface area (Å²) in [6, 6.07) is 16.4. The zero-order valence-electron chi connectivity index (χ0n) is 15.3. The van der Waals surface area contributed by atoms with E-state index >= 15 is 0 Å². The summed E-state index contributed by atoms with van der Waals surface area (Å²) in [7, 11) is 0. The van der Waals surface area contributed by atoms with Gasteiger partial charge in [-0.1, -0.05) is 12.1 Å². The Labute approximate surface area is 171 Å². The van der Waals surface area contributed by atoms with Gasteiger partial charge in [0.05, 0.1) is 5.69 Å². The molecule has 0 aliphatic carbocycles. The maximum atomic E-state index is 13.1. The van der Waals surface area contributed by atoms with Crippen molar-refractivity contribution in [3.05, 3.63) is 83.4 Å². The summed E-state index contributed by atoms with van der Waals surface area (Å²) >= 11 is 5.19. The molecule has 0 unspecified atom stereocenters. The van der Waals surface area contributed by atoms with Crippen LogP contribution in [0.1, 0.15) is 11.3 Å². The van der Waals surface area contributed by atoms with Crippen LogP contribution < -0.4 is 10.2 Å². The Bertz CT molecular complexity index is 1160. The fourth-order valence-electron chi connectivity index (χ4n) is 3.00. The minimum Gasteiger partial charge on any atom is -0.457 e. The standard InChI is InChI=1S/C22H15FN2O3S/c1-13-3-2-4-16(11-13)25-21(27)18(20(26)24-22(25)29)12-17-9-10-19(28-17)14-5-7-15(23)8-6-14/h2-12H,1H3,(H,24,26,29)/b18-12-. The van der Waals surface area contributed by atoms with Crippen LogP contribution in [0, 0.1) is 12.7 Å². The molecule has 2 aromatic carbocycles. The summed E-state index contributed by atoms with van der Waals surface area (Å²) in [4.78, 5) is 26.7. The van der Waals surface area contributed by atoms with Gasteiger partial charge < -0.3 is 4.42 Å². The molecule has 2 amide bonds. The van der Waals surface area contributed by atoms with Crippen molar-refractivity contribution in [2.45, 2.75) is 6.92 Å². The van der Waals surface area contributed by atoms with Crippen molar-refractivity contribution >= 4 is 40.9 Å². The zero-order valence-corrected chi connectivity index (χ0v) is 16.1. The molecule has 1 saturated heterocycles. The van der Waals surface area contributed by atoms with E-state index < -0.39 is 11.8 Å². The van der Waals surface area contributed by atoms with Gasteiger partial charge >= 0.3 is 0 Å². The summed E-state index contributed by atoms with van der Waals surface area (Å²) in [5, 5.41) is 2.56. The molecule has 2 heterocycles. The minimum absolute atomic E-state index is 0.0224. The van der Waals surface area contributed by atoms with Crippen molar-refractivity contribution in [3.63, 3.8) is 0 Å². The first-order valence-corrected chi connectivity index (χ1v) is 9.17. The van der Waals surface area contributed by atoms with Crippen molar-refractivity contribution in [1.82, 2.24) is 5.32 Å². The molecular weight excluding hydrogens is 391 g/mol. The molecule has 4 rings (SSSR count). The number of thiocarbonyl (C=S) groups is 1. The van der Waals surface area contributed by atoms with Gasteiger partial charge in [0.15, 0.2) is 5.11 Å². The molecule has 1 aliphatic heterocycles. The molecule has 29 heavy (non-hydrogen) atoms. The van der Waals surface area contributed by atoms with Crippen LogP contribution in [0.4, 0.5) is 10.1 Å². The number of benzene rings is 2. The highest BCUT2D eigenvalue weighted by Gasteiger charge is 2.34. The number of amides is 2. The highest BCUT2D eigenvalue weighted by molar-refractivity contribution is 7.80. The number of carbonyl (C=O) groups excluding carboxylic acids is 2. The van der Waals surface area contributed by atoms with Crippen molar-refractivity contribution in [3.8, 4) is 11.3 Å². The van der Waals surface area contributed by atoms with E-state index in [1.807, 2.05) is 19.1 Å². The van der Waals surface area contributed by atoms with E-state index in [0.29, 0.717) is 22.8 Å². The van der Waals surface area contributed by atoms with E-state index in [-0.39, 0.29) is 16.5 Å². The van der Waals surface area contributed by atoms with Gasteiger partial charge in [0.2, 0.25) is 0 Å². The van der Waals surface area contributed by atoms with Crippen LogP contribution in [0.5, 0.6) is 0 Å². The number of nitrogens with one attached hydrogen (secondary N) is 1. The Kier molecular flexibility index (Phi) is 4.82. The smallest absolute Gasteiger partial charge is 0.270 e. The predicted molar refractivity (Wildman–Crippen MR) is 111 cm³/mol. The number of anilines is 1. The van der Waals surface area contributed by atoms with Gasteiger partial charge in [-0.2, -0.15) is 0 Å². The maximum Gasteiger partial charge on any atom is 0.270 e. The second-order valence-corrected chi connectivity index (χ2v) is 6.89. The first-order valence-electron chi connectivity index (χ1n) is 8.76. The second kappa shape index (κ2) is 7.44. The summed E-state index contributed by atoms with van der Waals surface area (Å²) in [6.45, 7) is 1.90. The molecule has 0 atom stereocenters. The number of aryl methyl sites for hydroxylation is 1. The van der Waals surface area contributed by atoms with Crippen molar-refractivity contribution < 1.29 is 18.4 Å². The van der Waals surface area contributed by atoms with Gasteiger partial charge in [0, 0.05) is 5.56 Å². The largest absolute Gasteiger partial charge is 0.457 e. The Balaban J connectivity index is 1.67. The Hall–Kier alpha value is -3.58. The molecular formula is C22H15FN2O3S. The number of rotatable bonds is 3. The molecule has 1 N–H and O–H groups in total. The lowest BCUT2D eigenvalue weighted by atomic mass is 10.1. The molecule has 1 fully saturated rings. The third-order valence-corrected chi connectivity index (χ3v) is 4.69. The number of carbonyl (C=O) groups is 2. The SMILES string of the molecule is Cc1cccc(N2C(=O)/C(=C\c3ccc(-c4ccc(F)cc4)o3)C(=O)NC2=S)c1. The molecule has 0 spiro atoms. The summed E-state index contributed by atoms with van der Waals surface area (Å²) in [5.74, 6) is -0.668. The molecule has 7 heteroatoms. The number of hydrogen-bond acceptors (Lipinski definition) is 4. The van der Waals surface area contributed by atoms with E-state index in [2.05, 4.69) is 5.32 Å². The first-order chi connectivity index (χ1) is 13.9. The number of nitrogens with zero attached hydrogens (tertiary/aromatic N) is 1. The van der Waals surface area contributed by atoms with Crippen LogP contribution in [0.25, 0.3) is 17.4 Å². The van der Waals surface area contributed by atoms with Gasteiger partial charge in [-0.05, 0) is 79.3 Å². The molecule has 1 aromatic heterocycles. The third-order valence-electron chi connectivity index (χ3n) is 4.40.